The van der Waals surface area contributed by atoms with Gasteiger partial charge in [0.05, 0.1) is 26.4 Å². The molecule has 1 amide bonds. The molecule has 0 saturated heterocycles. The Balaban J connectivity index is 3.22. The second-order valence-electron chi connectivity index (χ2n) is 9.38. The maximum absolute atomic E-state index is 11.8. The first-order chi connectivity index (χ1) is 18.1. The third kappa shape index (κ3) is 30.4. The van der Waals surface area contributed by atoms with E-state index < -0.39 is 18.5 Å². The number of hydrogen-bond donors (Lipinski definition) is 2. The Morgan fingerprint density at radius 1 is 0.595 bits per heavy atom. The first-order valence-corrected chi connectivity index (χ1v) is 14.4. The predicted molar refractivity (Wildman–Crippen MR) is 144 cm³/mol. The zero-order chi connectivity index (χ0) is 27.2. The number of carboxylic acid groups (broad SMARTS) is 1. The van der Waals surface area contributed by atoms with Crippen LogP contribution < -0.4 is 5.32 Å². The van der Waals surface area contributed by atoms with E-state index in [2.05, 4.69) is 17.0 Å². The molecule has 0 aliphatic rings. The van der Waals surface area contributed by atoms with Gasteiger partial charge >= 0.3 is 11.9 Å². The second-order valence-corrected chi connectivity index (χ2v) is 9.38. The summed E-state index contributed by atoms with van der Waals surface area (Å²) >= 11 is 0. The van der Waals surface area contributed by atoms with Crippen molar-refractivity contribution in [1.82, 2.24) is 5.32 Å². The molecule has 0 heterocycles. The first-order valence-electron chi connectivity index (χ1n) is 14.4. The molecule has 0 spiro atoms. The molecule has 37 heavy (non-hydrogen) atoms. The van der Waals surface area contributed by atoms with Gasteiger partial charge in [0.1, 0.15) is 19.8 Å². The van der Waals surface area contributed by atoms with E-state index >= 15 is 0 Å². The van der Waals surface area contributed by atoms with Crippen LogP contribution in [0.2, 0.25) is 0 Å². The van der Waals surface area contributed by atoms with Crippen molar-refractivity contribution in [3.63, 3.8) is 0 Å². The van der Waals surface area contributed by atoms with Crippen LogP contribution in [0.3, 0.4) is 0 Å². The minimum Gasteiger partial charge on any atom is -0.480 e. The van der Waals surface area contributed by atoms with Gasteiger partial charge in [-0.25, -0.2) is 4.79 Å². The molecule has 0 bridgehead atoms. The van der Waals surface area contributed by atoms with Crippen LogP contribution >= 0.6 is 0 Å². The molecule has 0 aliphatic heterocycles. The monoisotopic (exact) mass is 531 g/mol. The van der Waals surface area contributed by atoms with Crippen LogP contribution in [-0.2, 0) is 33.3 Å². The highest BCUT2D eigenvalue weighted by atomic mass is 16.6. The summed E-state index contributed by atoms with van der Waals surface area (Å²) in [6.07, 6.45) is 20.0. The number of amides is 1. The van der Waals surface area contributed by atoms with Crippen LogP contribution in [0.5, 0.6) is 0 Å². The molecule has 9 nitrogen and oxygen atoms in total. The summed E-state index contributed by atoms with van der Waals surface area (Å²) in [6.45, 7) is 3.36. The minimum atomic E-state index is -1.12. The average Bonchev–Trinajstić information content (AvgIpc) is 2.87. The van der Waals surface area contributed by atoms with Crippen molar-refractivity contribution in [2.45, 2.75) is 110 Å². The topological polar surface area (TPSA) is 120 Å². The van der Waals surface area contributed by atoms with E-state index in [9.17, 15) is 14.4 Å². The molecular formula is C28H53NO8. The van der Waals surface area contributed by atoms with Gasteiger partial charge in [0.15, 0.2) is 0 Å². The molecule has 0 fully saturated rings. The minimum absolute atomic E-state index is 0.169. The number of rotatable bonds is 29. The molecule has 9 heteroatoms. The average molecular weight is 532 g/mol. The van der Waals surface area contributed by atoms with Crippen molar-refractivity contribution < 1.29 is 38.4 Å². The van der Waals surface area contributed by atoms with Gasteiger partial charge in [0.25, 0.3) is 0 Å². The van der Waals surface area contributed by atoms with E-state index in [-0.39, 0.29) is 19.2 Å². The lowest BCUT2D eigenvalue weighted by Gasteiger charge is -2.08. The van der Waals surface area contributed by atoms with Crippen molar-refractivity contribution in [2.24, 2.45) is 0 Å². The highest BCUT2D eigenvalue weighted by Gasteiger charge is 2.04. The van der Waals surface area contributed by atoms with Gasteiger partial charge in [0.2, 0.25) is 5.91 Å². The molecule has 0 aromatic carbocycles. The molecule has 218 valence electrons. The van der Waals surface area contributed by atoms with Gasteiger partial charge in [0, 0.05) is 13.0 Å². The Bertz CT molecular complexity index is 544. The lowest BCUT2D eigenvalue weighted by atomic mass is 10.0. The standard InChI is InChI=1S/C28H53NO8/c1-2-3-4-5-6-7-8-9-10-11-12-13-14-15-16-17-28(33)37-23-22-35-21-20-34-19-18-29-26(30)24-36-25-27(31)32/h2-25H2,1H3,(H,29,30)(H,31,32). The molecule has 0 unspecified atom stereocenters. The van der Waals surface area contributed by atoms with Crippen LogP contribution in [0.25, 0.3) is 0 Å². The summed E-state index contributed by atoms with van der Waals surface area (Å²) in [5, 5.41) is 11.0. The van der Waals surface area contributed by atoms with E-state index in [1.165, 1.54) is 83.5 Å². The zero-order valence-corrected chi connectivity index (χ0v) is 23.3. The fourth-order valence-electron chi connectivity index (χ4n) is 3.79. The summed E-state index contributed by atoms with van der Waals surface area (Å²) in [5.41, 5.74) is 0. The Hall–Kier alpha value is -1.71. The summed E-state index contributed by atoms with van der Waals surface area (Å²) < 4.78 is 20.5. The van der Waals surface area contributed by atoms with Crippen LogP contribution in [0.15, 0.2) is 0 Å². The van der Waals surface area contributed by atoms with Crippen molar-refractivity contribution in [3.05, 3.63) is 0 Å². The lowest BCUT2D eigenvalue weighted by molar-refractivity contribution is -0.146. The van der Waals surface area contributed by atoms with Crippen LogP contribution in [0.4, 0.5) is 0 Å². The zero-order valence-electron chi connectivity index (χ0n) is 23.3. The van der Waals surface area contributed by atoms with E-state index in [1.807, 2.05) is 0 Å². The molecule has 0 saturated carbocycles. The Labute approximate surface area is 224 Å². The highest BCUT2D eigenvalue weighted by Crippen LogP contribution is 2.13. The molecule has 2 N–H and O–H groups in total. The van der Waals surface area contributed by atoms with Gasteiger partial charge < -0.3 is 29.4 Å². The number of carbonyl (C=O) groups excluding carboxylic acids is 2. The largest absolute Gasteiger partial charge is 0.480 e. The SMILES string of the molecule is CCCCCCCCCCCCCCCCCC(=O)OCCOCCOCCNC(=O)COCC(=O)O. The van der Waals surface area contributed by atoms with E-state index in [0.717, 1.165) is 12.8 Å². The maximum atomic E-state index is 11.8. The third-order valence-electron chi connectivity index (χ3n) is 5.87. The number of carboxylic acids is 1. The molecule has 0 aromatic rings. The predicted octanol–water partition coefficient (Wildman–Crippen LogP) is 5.04. The van der Waals surface area contributed by atoms with Gasteiger partial charge in [-0.2, -0.15) is 0 Å². The lowest BCUT2D eigenvalue weighted by Crippen LogP contribution is -2.31. The van der Waals surface area contributed by atoms with Crippen LogP contribution in [0.1, 0.15) is 110 Å². The second kappa shape index (κ2) is 28.9. The van der Waals surface area contributed by atoms with Gasteiger partial charge in [-0.15, -0.1) is 0 Å². The molecule has 0 aromatic heterocycles. The fraction of sp³-hybridized carbons (Fsp3) is 0.893. The van der Waals surface area contributed by atoms with E-state index in [1.54, 1.807) is 0 Å². The van der Waals surface area contributed by atoms with E-state index in [0.29, 0.717) is 39.4 Å². The number of hydrogen-bond acceptors (Lipinski definition) is 7. The molecule has 0 rings (SSSR count). The van der Waals surface area contributed by atoms with Crippen LogP contribution in [0, 0.1) is 0 Å². The Morgan fingerprint density at radius 3 is 1.62 bits per heavy atom. The molecule has 0 aliphatic carbocycles. The Kier molecular flexibility index (Phi) is 27.5. The van der Waals surface area contributed by atoms with Crippen molar-refractivity contribution in [3.8, 4) is 0 Å². The highest BCUT2D eigenvalue weighted by molar-refractivity contribution is 5.77. The van der Waals surface area contributed by atoms with Crippen molar-refractivity contribution in [1.29, 1.82) is 0 Å². The number of aliphatic carboxylic acids is 1. The van der Waals surface area contributed by atoms with Gasteiger partial charge in [-0.3, -0.25) is 9.59 Å². The van der Waals surface area contributed by atoms with E-state index in [4.69, 9.17) is 19.3 Å². The number of unbranched alkanes of at least 4 members (excludes halogenated alkanes) is 14. The summed E-state index contributed by atoms with van der Waals surface area (Å²) in [4.78, 5) is 33.4. The first kappa shape index (κ1) is 35.3. The Morgan fingerprint density at radius 2 is 1.08 bits per heavy atom. The molecular weight excluding hydrogens is 478 g/mol. The van der Waals surface area contributed by atoms with Crippen molar-refractivity contribution >= 4 is 17.8 Å². The van der Waals surface area contributed by atoms with Gasteiger partial charge in [-0.1, -0.05) is 96.8 Å². The number of esters is 1. The summed E-state index contributed by atoms with van der Waals surface area (Å²) in [5.74, 6) is -1.68. The molecule has 0 atom stereocenters. The normalized spacial score (nSPS) is 10.9. The maximum Gasteiger partial charge on any atom is 0.329 e. The summed E-state index contributed by atoms with van der Waals surface area (Å²) in [7, 11) is 0. The summed E-state index contributed by atoms with van der Waals surface area (Å²) in [6, 6.07) is 0. The number of nitrogens with one attached hydrogen (secondary N) is 1. The smallest absolute Gasteiger partial charge is 0.329 e. The van der Waals surface area contributed by atoms with Crippen molar-refractivity contribution in [2.75, 3.05) is 52.8 Å². The quantitative estimate of drug-likeness (QED) is 0.102. The van der Waals surface area contributed by atoms with Gasteiger partial charge in [-0.05, 0) is 6.42 Å². The number of carbonyl (C=O) groups is 3. The third-order valence-corrected chi connectivity index (χ3v) is 5.87. The molecule has 0 radical (unpaired) electrons. The van der Waals surface area contributed by atoms with Crippen LogP contribution in [-0.4, -0.2) is 75.7 Å². The fourth-order valence-corrected chi connectivity index (χ4v) is 3.79. The number of ether oxygens (including phenoxy) is 4.